The van der Waals surface area contributed by atoms with Crippen molar-refractivity contribution in [3.63, 3.8) is 0 Å². The van der Waals surface area contributed by atoms with Gasteiger partial charge in [0.15, 0.2) is 0 Å². The third-order valence-corrected chi connectivity index (χ3v) is 6.24. The van der Waals surface area contributed by atoms with Gasteiger partial charge in [0, 0.05) is 23.1 Å². The smallest absolute Gasteiger partial charge is 0.252 e. The van der Waals surface area contributed by atoms with Gasteiger partial charge < -0.3 is 5.32 Å². The predicted molar refractivity (Wildman–Crippen MR) is 95.5 cm³/mol. The number of rotatable bonds is 5. The summed E-state index contributed by atoms with van der Waals surface area (Å²) in [6.45, 7) is 0. The molecule has 2 aromatic rings. The molecule has 0 saturated heterocycles. The molecule has 6 heteroatoms. The molecule has 3 nitrogen and oxygen atoms in total. The number of benzene rings is 1. The number of amides is 1. The molecule has 0 bridgehead atoms. The normalized spacial score (nSPS) is 22.1. The van der Waals surface area contributed by atoms with E-state index in [-0.39, 0.29) is 5.91 Å². The molecule has 1 amide bonds. The molecule has 1 aromatic heterocycles. The zero-order valence-corrected chi connectivity index (χ0v) is 14.7. The van der Waals surface area contributed by atoms with E-state index in [2.05, 4.69) is 10.3 Å². The molecule has 2 fully saturated rings. The van der Waals surface area contributed by atoms with Gasteiger partial charge in [-0.05, 0) is 31.4 Å². The molecule has 2 aliphatic carbocycles. The summed E-state index contributed by atoms with van der Waals surface area (Å²) in [7, 11) is 0. The number of hydrogen-bond acceptors (Lipinski definition) is 3. The largest absolute Gasteiger partial charge is 0.349 e. The number of hydrogen-bond donors (Lipinski definition) is 1. The number of alkyl halides is 2. The van der Waals surface area contributed by atoms with Crippen LogP contribution < -0.4 is 5.32 Å². The van der Waals surface area contributed by atoms with Crippen molar-refractivity contribution in [1.29, 1.82) is 0 Å². The molecule has 0 spiro atoms. The number of nitrogens with one attached hydrogen (secondary N) is 1. The van der Waals surface area contributed by atoms with E-state index in [9.17, 15) is 4.79 Å². The van der Waals surface area contributed by atoms with Crippen molar-refractivity contribution in [2.45, 2.75) is 34.7 Å². The van der Waals surface area contributed by atoms with Crippen LogP contribution in [0.2, 0.25) is 0 Å². The lowest BCUT2D eigenvalue weighted by Gasteiger charge is -2.10. The van der Waals surface area contributed by atoms with Gasteiger partial charge in [-0.25, -0.2) is 4.98 Å². The van der Waals surface area contributed by atoms with Crippen LogP contribution in [0, 0.1) is 5.92 Å². The van der Waals surface area contributed by atoms with Crippen LogP contribution in [0.4, 0.5) is 0 Å². The number of para-hydroxylation sites is 1. The monoisotopic (exact) mass is 366 g/mol. The lowest BCUT2D eigenvalue weighted by molar-refractivity contribution is 0.0952. The van der Waals surface area contributed by atoms with Crippen LogP contribution in [0.5, 0.6) is 0 Å². The van der Waals surface area contributed by atoms with Crippen LogP contribution in [0.25, 0.3) is 10.9 Å². The standard InChI is InChI=1S/C17H16Cl2N2OS/c18-17(19)8-10(17)9-23-15-7-13(16(22)20-11-5-6-11)12-3-1-2-4-14(12)21-15/h1-4,7,10-11H,5-6,8-9H2,(H,20,22)/t10-/m0/s1. The average Bonchev–Trinajstić information content (AvgIpc) is 3.43. The molecule has 1 atom stereocenters. The third-order valence-electron chi connectivity index (χ3n) is 4.24. The van der Waals surface area contributed by atoms with Crippen molar-refractivity contribution in [1.82, 2.24) is 10.3 Å². The number of pyridine rings is 1. The van der Waals surface area contributed by atoms with E-state index in [4.69, 9.17) is 23.2 Å². The Morgan fingerprint density at radius 3 is 2.78 bits per heavy atom. The Kier molecular flexibility index (Phi) is 3.94. The van der Waals surface area contributed by atoms with Crippen LogP contribution >= 0.6 is 35.0 Å². The summed E-state index contributed by atoms with van der Waals surface area (Å²) < 4.78 is -0.573. The fourth-order valence-corrected chi connectivity index (χ4v) is 4.39. The highest BCUT2D eigenvalue weighted by Crippen LogP contribution is 2.54. The van der Waals surface area contributed by atoms with Gasteiger partial charge in [0.05, 0.1) is 16.1 Å². The first-order valence-corrected chi connectivity index (χ1v) is 9.48. The number of halogens is 2. The van der Waals surface area contributed by atoms with E-state index < -0.39 is 4.33 Å². The second-order valence-electron chi connectivity index (χ2n) is 6.25. The molecular formula is C17H16Cl2N2OS. The summed E-state index contributed by atoms with van der Waals surface area (Å²) in [6, 6.07) is 9.99. The highest BCUT2D eigenvalue weighted by Gasteiger charge is 2.51. The van der Waals surface area contributed by atoms with Crippen LogP contribution in [0.3, 0.4) is 0 Å². The summed E-state index contributed by atoms with van der Waals surface area (Å²) in [5.74, 6) is 1.11. The number of aromatic nitrogens is 1. The van der Waals surface area contributed by atoms with Crippen molar-refractivity contribution in [3.05, 3.63) is 35.9 Å². The van der Waals surface area contributed by atoms with E-state index in [1.54, 1.807) is 11.8 Å². The summed E-state index contributed by atoms with van der Waals surface area (Å²) in [5, 5.41) is 4.80. The maximum Gasteiger partial charge on any atom is 0.252 e. The van der Waals surface area contributed by atoms with Gasteiger partial charge in [0.25, 0.3) is 5.91 Å². The molecular weight excluding hydrogens is 351 g/mol. The van der Waals surface area contributed by atoms with Crippen LogP contribution in [0.1, 0.15) is 29.6 Å². The Balaban J connectivity index is 1.61. The summed E-state index contributed by atoms with van der Waals surface area (Å²) >= 11 is 13.8. The second kappa shape index (κ2) is 5.83. The van der Waals surface area contributed by atoms with Gasteiger partial charge in [0.2, 0.25) is 0 Å². The quantitative estimate of drug-likeness (QED) is 0.629. The first-order chi connectivity index (χ1) is 11.0. The summed E-state index contributed by atoms with van der Waals surface area (Å²) in [5.41, 5.74) is 1.54. The van der Waals surface area contributed by atoms with Crippen LogP contribution in [0.15, 0.2) is 35.4 Å². The molecule has 120 valence electrons. The number of nitrogens with zero attached hydrogens (tertiary/aromatic N) is 1. The molecule has 0 aliphatic heterocycles. The van der Waals surface area contributed by atoms with Gasteiger partial charge in [0.1, 0.15) is 4.33 Å². The van der Waals surface area contributed by atoms with Crippen molar-refractivity contribution in [2.24, 2.45) is 5.92 Å². The van der Waals surface area contributed by atoms with E-state index in [0.717, 1.165) is 40.9 Å². The average molecular weight is 367 g/mol. The lowest BCUT2D eigenvalue weighted by Crippen LogP contribution is -2.25. The number of fused-ring (bicyclic) bond motifs is 1. The Morgan fingerprint density at radius 1 is 1.35 bits per heavy atom. The minimum absolute atomic E-state index is 0.0107. The third kappa shape index (κ3) is 3.44. The first-order valence-electron chi connectivity index (χ1n) is 7.74. The van der Waals surface area contributed by atoms with Gasteiger partial charge in [-0.1, -0.05) is 18.2 Å². The van der Waals surface area contributed by atoms with Crippen molar-refractivity contribution < 1.29 is 4.79 Å². The van der Waals surface area contributed by atoms with Crippen LogP contribution in [-0.4, -0.2) is 27.0 Å². The maximum absolute atomic E-state index is 12.5. The SMILES string of the molecule is O=C(NC1CC1)c1cc(SC[C@@H]2CC2(Cl)Cl)nc2ccccc12. The number of thioether (sulfide) groups is 1. The Morgan fingerprint density at radius 2 is 2.09 bits per heavy atom. The van der Waals surface area contributed by atoms with E-state index in [0.29, 0.717) is 17.5 Å². The van der Waals surface area contributed by atoms with Gasteiger partial charge in [-0.3, -0.25) is 4.79 Å². The van der Waals surface area contributed by atoms with Crippen molar-refractivity contribution >= 4 is 51.8 Å². The van der Waals surface area contributed by atoms with E-state index >= 15 is 0 Å². The predicted octanol–water partition coefficient (Wildman–Crippen LogP) is 4.41. The number of carbonyl (C=O) groups excluding carboxylic acids is 1. The topological polar surface area (TPSA) is 42.0 Å². The fourth-order valence-electron chi connectivity index (χ4n) is 2.54. The Bertz CT molecular complexity index is 776. The summed E-state index contributed by atoms with van der Waals surface area (Å²) in [4.78, 5) is 17.2. The Hall–Kier alpha value is -0.970. The minimum atomic E-state index is -0.573. The molecule has 0 radical (unpaired) electrons. The zero-order valence-electron chi connectivity index (χ0n) is 12.4. The highest BCUT2D eigenvalue weighted by molar-refractivity contribution is 7.99. The molecule has 2 aliphatic rings. The highest BCUT2D eigenvalue weighted by atomic mass is 35.5. The van der Waals surface area contributed by atoms with E-state index in [1.807, 2.05) is 30.3 Å². The molecule has 0 unspecified atom stereocenters. The fraction of sp³-hybridized carbons (Fsp3) is 0.412. The molecule has 1 aromatic carbocycles. The van der Waals surface area contributed by atoms with Crippen LogP contribution in [-0.2, 0) is 0 Å². The van der Waals surface area contributed by atoms with Crippen molar-refractivity contribution in [3.8, 4) is 0 Å². The Labute approximate surface area is 149 Å². The lowest BCUT2D eigenvalue weighted by atomic mass is 10.1. The summed E-state index contributed by atoms with van der Waals surface area (Å²) in [6.07, 6.45) is 2.98. The minimum Gasteiger partial charge on any atom is -0.349 e. The second-order valence-corrected chi connectivity index (χ2v) is 8.83. The molecule has 1 N–H and O–H groups in total. The maximum atomic E-state index is 12.5. The molecule has 4 rings (SSSR count). The first kappa shape index (κ1) is 15.6. The molecule has 1 heterocycles. The van der Waals surface area contributed by atoms with Gasteiger partial charge in [-0.15, -0.1) is 35.0 Å². The molecule has 2 saturated carbocycles. The number of carbonyl (C=O) groups is 1. The van der Waals surface area contributed by atoms with Crippen molar-refractivity contribution in [2.75, 3.05) is 5.75 Å². The van der Waals surface area contributed by atoms with Gasteiger partial charge >= 0.3 is 0 Å². The van der Waals surface area contributed by atoms with E-state index in [1.165, 1.54) is 0 Å². The van der Waals surface area contributed by atoms with Gasteiger partial charge in [-0.2, -0.15) is 0 Å². The molecule has 23 heavy (non-hydrogen) atoms. The zero-order chi connectivity index (χ0) is 16.0.